The van der Waals surface area contributed by atoms with Crippen molar-refractivity contribution in [2.75, 3.05) is 6.61 Å². The number of hydrogen-bond donors (Lipinski definition) is 4. The zero-order valence-electron chi connectivity index (χ0n) is 9.33. The second-order valence-electron chi connectivity index (χ2n) is 4.37. The highest BCUT2D eigenvalue weighted by atomic mass is 16.5. The van der Waals surface area contributed by atoms with Crippen LogP contribution < -0.4 is 5.32 Å². The molecule has 0 spiro atoms. The largest absolute Gasteiger partial charge is 0.388 e. The van der Waals surface area contributed by atoms with Gasteiger partial charge in [-0.1, -0.05) is 0 Å². The fraction of sp³-hybridized carbons (Fsp3) is 0.727. The highest BCUT2D eigenvalue weighted by Gasteiger charge is 2.38. The Labute approximate surface area is 99.1 Å². The lowest BCUT2D eigenvalue weighted by Crippen LogP contribution is -2.57. The van der Waals surface area contributed by atoms with Gasteiger partial charge in [0, 0.05) is 11.3 Å². The quantitative estimate of drug-likeness (QED) is 0.492. The van der Waals surface area contributed by atoms with Gasteiger partial charge in [0.1, 0.15) is 18.3 Å². The number of allylic oxidation sites excluding steroid dienone is 2. The molecule has 1 fully saturated rings. The Morgan fingerprint density at radius 2 is 2.00 bits per heavy atom. The Kier molecular flexibility index (Phi) is 3.64. The molecule has 4 N–H and O–H groups in total. The number of ether oxygens (including phenoxy) is 1. The summed E-state index contributed by atoms with van der Waals surface area (Å²) in [5, 5.41) is 40.4. The summed E-state index contributed by atoms with van der Waals surface area (Å²) in [4.78, 5) is 0. The summed E-state index contributed by atoms with van der Waals surface area (Å²) in [7, 11) is 0. The van der Waals surface area contributed by atoms with E-state index in [1.165, 1.54) is 0 Å². The average Bonchev–Trinajstić information content (AvgIpc) is 2.77. The summed E-state index contributed by atoms with van der Waals surface area (Å²) in [6.45, 7) is -0.0366. The highest BCUT2D eigenvalue weighted by molar-refractivity contribution is 5.30. The van der Waals surface area contributed by atoms with E-state index in [4.69, 9.17) is 10.00 Å². The molecule has 2 aliphatic rings. The number of nitriles is 1. The topological polar surface area (TPSA) is 106 Å². The van der Waals surface area contributed by atoms with E-state index in [-0.39, 0.29) is 6.61 Å². The predicted molar refractivity (Wildman–Crippen MR) is 57.4 cm³/mol. The lowest BCUT2D eigenvalue weighted by Gasteiger charge is -2.36. The molecule has 1 aliphatic carbocycles. The monoisotopic (exact) mass is 240 g/mol. The van der Waals surface area contributed by atoms with Crippen molar-refractivity contribution in [2.24, 2.45) is 0 Å². The number of rotatable bonds is 2. The molecule has 6 nitrogen and oxygen atoms in total. The maximum absolute atomic E-state index is 9.72. The molecule has 1 heterocycles. The van der Waals surface area contributed by atoms with Crippen LogP contribution in [0.15, 0.2) is 11.3 Å². The van der Waals surface area contributed by atoms with E-state index in [2.05, 4.69) is 11.4 Å². The third kappa shape index (κ3) is 2.42. The van der Waals surface area contributed by atoms with E-state index in [0.717, 1.165) is 25.0 Å². The Bertz CT molecular complexity index is 363. The number of hydrogen-bond acceptors (Lipinski definition) is 6. The summed E-state index contributed by atoms with van der Waals surface area (Å²) < 4.78 is 5.21. The smallest absolute Gasteiger partial charge is 0.156 e. The lowest BCUT2D eigenvalue weighted by atomic mass is 10.0. The van der Waals surface area contributed by atoms with Gasteiger partial charge in [0.15, 0.2) is 6.23 Å². The summed E-state index contributed by atoms with van der Waals surface area (Å²) in [5.74, 6) is 0. The molecule has 6 heteroatoms. The fourth-order valence-corrected chi connectivity index (χ4v) is 2.13. The molecule has 1 aliphatic heterocycles. The number of aliphatic hydroxyl groups is 3. The van der Waals surface area contributed by atoms with Crippen LogP contribution >= 0.6 is 0 Å². The fourth-order valence-electron chi connectivity index (χ4n) is 2.13. The van der Waals surface area contributed by atoms with Crippen molar-refractivity contribution in [3.63, 3.8) is 0 Å². The molecule has 0 saturated carbocycles. The molecule has 0 bridgehead atoms. The third-order valence-electron chi connectivity index (χ3n) is 3.17. The third-order valence-corrected chi connectivity index (χ3v) is 3.17. The van der Waals surface area contributed by atoms with Crippen LogP contribution in [-0.2, 0) is 4.74 Å². The molecule has 0 aromatic carbocycles. The van der Waals surface area contributed by atoms with Gasteiger partial charge in [-0.3, -0.25) is 0 Å². The van der Waals surface area contributed by atoms with E-state index in [9.17, 15) is 15.3 Å². The van der Waals surface area contributed by atoms with Gasteiger partial charge >= 0.3 is 0 Å². The molecule has 0 aromatic rings. The second-order valence-corrected chi connectivity index (χ2v) is 4.37. The number of nitrogens with one attached hydrogen (secondary N) is 1. The molecular formula is C11H16N2O4. The summed E-state index contributed by atoms with van der Waals surface area (Å²) >= 11 is 0. The normalized spacial score (nSPS) is 38.0. The SMILES string of the molecule is N#CC1=C(NC2OCC(O)C(O)C2O)CCC1. The van der Waals surface area contributed by atoms with Crippen molar-refractivity contribution < 1.29 is 20.1 Å². The molecular weight excluding hydrogens is 224 g/mol. The van der Waals surface area contributed by atoms with Gasteiger partial charge in [-0.25, -0.2) is 0 Å². The highest BCUT2D eigenvalue weighted by Crippen LogP contribution is 2.25. The predicted octanol–water partition coefficient (Wildman–Crippen LogP) is -1.02. The molecule has 4 unspecified atom stereocenters. The van der Waals surface area contributed by atoms with E-state index >= 15 is 0 Å². The lowest BCUT2D eigenvalue weighted by molar-refractivity contribution is -0.193. The van der Waals surface area contributed by atoms with Gasteiger partial charge in [0.2, 0.25) is 0 Å². The average molecular weight is 240 g/mol. The van der Waals surface area contributed by atoms with Crippen LogP contribution in [0.1, 0.15) is 19.3 Å². The van der Waals surface area contributed by atoms with Gasteiger partial charge in [-0.2, -0.15) is 5.26 Å². The standard InChI is InChI=1S/C11H16N2O4/c12-4-6-2-1-3-7(6)13-11-10(16)9(15)8(14)5-17-11/h8-11,13-16H,1-3,5H2. The van der Waals surface area contributed by atoms with Crippen LogP contribution in [0.5, 0.6) is 0 Å². The van der Waals surface area contributed by atoms with Gasteiger partial charge < -0.3 is 25.4 Å². The zero-order chi connectivity index (χ0) is 12.4. The van der Waals surface area contributed by atoms with E-state index in [1.807, 2.05) is 0 Å². The van der Waals surface area contributed by atoms with Crippen molar-refractivity contribution in [1.29, 1.82) is 5.26 Å². The minimum atomic E-state index is -1.23. The van der Waals surface area contributed by atoms with Crippen LogP contribution in [0, 0.1) is 11.3 Å². The van der Waals surface area contributed by atoms with Crippen LogP contribution in [0.2, 0.25) is 0 Å². The maximum atomic E-state index is 9.72. The van der Waals surface area contributed by atoms with E-state index in [0.29, 0.717) is 5.57 Å². The van der Waals surface area contributed by atoms with E-state index < -0.39 is 24.5 Å². The summed E-state index contributed by atoms with van der Waals surface area (Å²) in [6, 6.07) is 2.11. The van der Waals surface area contributed by atoms with Crippen LogP contribution in [0.3, 0.4) is 0 Å². The molecule has 0 amide bonds. The van der Waals surface area contributed by atoms with E-state index in [1.54, 1.807) is 0 Å². The van der Waals surface area contributed by atoms with Crippen molar-refractivity contribution in [3.05, 3.63) is 11.3 Å². The van der Waals surface area contributed by atoms with Gasteiger partial charge in [-0.05, 0) is 19.3 Å². The van der Waals surface area contributed by atoms with Crippen LogP contribution in [0.25, 0.3) is 0 Å². The van der Waals surface area contributed by atoms with Crippen molar-refractivity contribution in [1.82, 2.24) is 5.32 Å². The van der Waals surface area contributed by atoms with Crippen molar-refractivity contribution >= 4 is 0 Å². The second kappa shape index (κ2) is 5.02. The molecule has 0 radical (unpaired) electrons. The van der Waals surface area contributed by atoms with Gasteiger partial charge in [-0.15, -0.1) is 0 Å². The first-order valence-corrected chi connectivity index (χ1v) is 5.68. The molecule has 2 rings (SSSR count). The Hall–Kier alpha value is -1.13. The maximum Gasteiger partial charge on any atom is 0.156 e. The molecule has 17 heavy (non-hydrogen) atoms. The Morgan fingerprint density at radius 1 is 1.24 bits per heavy atom. The summed E-state index contributed by atoms with van der Waals surface area (Å²) in [5.41, 5.74) is 1.43. The first-order valence-electron chi connectivity index (χ1n) is 5.68. The zero-order valence-corrected chi connectivity index (χ0v) is 9.33. The van der Waals surface area contributed by atoms with Crippen molar-refractivity contribution in [2.45, 2.75) is 43.8 Å². The minimum absolute atomic E-state index is 0.0366. The summed E-state index contributed by atoms with van der Waals surface area (Å²) in [6.07, 6.45) is -1.90. The Balaban J connectivity index is 2.02. The van der Waals surface area contributed by atoms with Crippen LogP contribution in [-0.4, -0.2) is 46.5 Å². The van der Waals surface area contributed by atoms with Crippen LogP contribution in [0.4, 0.5) is 0 Å². The first-order chi connectivity index (χ1) is 8.13. The molecule has 94 valence electrons. The van der Waals surface area contributed by atoms with Gasteiger partial charge in [0.25, 0.3) is 0 Å². The number of nitrogens with zero attached hydrogens (tertiary/aromatic N) is 1. The number of aliphatic hydroxyl groups excluding tert-OH is 3. The molecule has 0 aromatic heterocycles. The molecule has 4 atom stereocenters. The minimum Gasteiger partial charge on any atom is -0.388 e. The Morgan fingerprint density at radius 3 is 2.71 bits per heavy atom. The van der Waals surface area contributed by atoms with Gasteiger partial charge in [0.05, 0.1) is 12.7 Å². The molecule has 1 saturated heterocycles. The first kappa shape index (κ1) is 12.3. The van der Waals surface area contributed by atoms with Crippen molar-refractivity contribution in [3.8, 4) is 6.07 Å².